The van der Waals surface area contributed by atoms with E-state index in [4.69, 9.17) is 4.74 Å². The number of nitrogens with zero attached hydrogens (tertiary/aromatic N) is 2. The van der Waals surface area contributed by atoms with E-state index >= 15 is 0 Å². The van der Waals surface area contributed by atoms with Gasteiger partial charge in [-0.25, -0.2) is 4.79 Å². The van der Waals surface area contributed by atoms with Crippen molar-refractivity contribution < 1.29 is 14.3 Å². The van der Waals surface area contributed by atoms with E-state index in [1.807, 2.05) is 56.3 Å². The van der Waals surface area contributed by atoms with Gasteiger partial charge in [0.2, 0.25) is 5.91 Å². The lowest BCUT2D eigenvalue weighted by atomic mass is 10.1. The topological polar surface area (TPSA) is 61.9 Å². The van der Waals surface area contributed by atoms with Gasteiger partial charge in [-0.05, 0) is 23.8 Å². The molecule has 6 heteroatoms. The lowest BCUT2D eigenvalue weighted by Gasteiger charge is -2.22. The molecule has 6 nitrogen and oxygen atoms in total. The van der Waals surface area contributed by atoms with E-state index in [0.29, 0.717) is 38.7 Å². The first-order valence-electron chi connectivity index (χ1n) is 9.94. The van der Waals surface area contributed by atoms with Gasteiger partial charge in [-0.15, -0.1) is 0 Å². The molecule has 0 bridgehead atoms. The summed E-state index contributed by atoms with van der Waals surface area (Å²) in [6, 6.07) is 13.9. The van der Waals surface area contributed by atoms with Crippen molar-refractivity contribution in [2.24, 2.45) is 5.92 Å². The highest BCUT2D eigenvalue weighted by Crippen LogP contribution is 2.22. The highest BCUT2D eigenvalue weighted by molar-refractivity contribution is 6.02. The lowest BCUT2D eigenvalue weighted by molar-refractivity contribution is -0.117. The number of nitrogens with one attached hydrogen (secondary N) is 1. The van der Waals surface area contributed by atoms with Gasteiger partial charge in [-0.2, -0.15) is 0 Å². The molecule has 0 radical (unpaired) electrons. The number of fused-ring (bicyclic) bond motifs is 1. The quantitative estimate of drug-likeness (QED) is 0.857. The first-order valence-corrected chi connectivity index (χ1v) is 9.94. The Morgan fingerprint density at radius 2 is 1.82 bits per heavy atom. The first-order chi connectivity index (χ1) is 13.5. The Kier molecular flexibility index (Phi) is 6.87. The van der Waals surface area contributed by atoms with Crippen LogP contribution in [0.2, 0.25) is 0 Å². The molecule has 28 heavy (non-hydrogen) atoms. The van der Waals surface area contributed by atoms with Gasteiger partial charge in [0.05, 0.1) is 13.2 Å². The molecule has 0 spiro atoms. The number of ether oxygens (including phenoxy) is 1. The number of carbonyl (C=O) groups excluding carboxylic acids is 2. The van der Waals surface area contributed by atoms with Crippen molar-refractivity contribution >= 4 is 28.5 Å². The van der Waals surface area contributed by atoms with Gasteiger partial charge in [0.1, 0.15) is 0 Å². The summed E-state index contributed by atoms with van der Waals surface area (Å²) in [6.07, 6.45) is 0.578. The monoisotopic (exact) mass is 383 g/mol. The molecule has 150 valence electrons. The molecule has 2 aromatic rings. The van der Waals surface area contributed by atoms with Crippen LogP contribution in [0.5, 0.6) is 0 Å². The Balaban J connectivity index is 1.52. The summed E-state index contributed by atoms with van der Waals surface area (Å²) < 4.78 is 5.32. The molecule has 2 amide bonds. The zero-order valence-corrected chi connectivity index (χ0v) is 16.7. The van der Waals surface area contributed by atoms with E-state index in [9.17, 15) is 9.59 Å². The smallest absolute Gasteiger partial charge is 0.409 e. The summed E-state index contributed by atoms with van der Waals surface area (Å²) in [4.78, 5) is 28.6. The maximum Gasteiger partial charge on any atom is 0.409 e. The van der Waals surface area contributed by atoms with Gasteiger partial charge < -0.3 is 15.0 Å². The Morgan fingerprint density at radius 1 is 1.04 bits per heavy atom. The fourth-order valence-corrected chi connectivity index (χ4v) is 3.37. The van der Waals surface area contributed by atoms with Crippen LogP contribution in [-0.2, 0) is 9.53 Å². The molecular weight excluding hydrogens is 354 g/mol. The highest BCUT2D eigenvalue weighted by Gasteiger charge is 2.21. The second-order valence-electron chi connectivity index (χ2n) is 7.66. The first kappa shape index (κ1) is 20.1. The van der Waals surface area contributed by atoms with E-state index in [1.54, 1.807) is 4.90 Å². The second-order valence-corrected chi connectivity index (χ2v) is 7.66. The van der Waals surface area contributed by atoms with Crippen molar-refractivity contribution in [2.45, 2.75) is 20.3 Å². The summed E-state index contributed by atoms with van der Waals surface area (Å²) in [6.45, 7) is 7.50. The number of benzene rings is 2. The van der Waals surface area contributed by atoms with Gasteiger partial charge in [0.25, 0.3) is 0 Å². The van der Waals surface area contributed by atoms with Crippen molar-refractivity contribution in [3.63, 3.8) is 0 Å². The number of amides is 2. The molecule has 1 saturated heterocycles. The number of hydrogen-bond acceptors (Lipinski definition) is 4. The third kappa shape index (κ3) is 5.45. The number of carbonyl (C=O) groups is 2. The Morgan fingerprint density at radius 3 is 2.64 bits per heavy atom. The summed E-state index contributed by atoms with van der Waals surface area (Å²) in [5, 5.41) is 5.17. The predicted molar refractivity (Wildman–Crippen MR) is 111 cm³/mol. The molecule has 0 aromatic heterocycles. The van der Waals surface area contributed by atoms with Crippen molar-refractivity contribution in [2.75, 3.05) is 44.6 Å². The molecule has 0 saturated carbocycles. The minimum Gasteiger partial charge on any atom is -0.449 e. The van der Waals surface area contributed by atoms with Crippen molar-refractivity contribution in [1.82, 2.24) is 9.80 Å². The van der Waals surface area contributed by atoms with Gasteiger partial charge in [-0.3, -0.25) is 9.69 Å². The predicted octanol–water partition coefficient (Wildman–Crippen LogP) is 3.58. The minimum absolute atomic E-state index is 0.0350. The molecular formula is C22H29N3O3. The summed E-state index contributed by atoms with van der Waals surface area (Å²) in [7, 11) is 0. The van der Waals surface area contributed by atoms with E-state index in [-0.39, 0.29) is 12.0 Å². The normalized spacial score (nSPS) is 15.5. The zero-order valence-electron chi connectivity index (χ0n) is 16.7. The molecule has 0 unspecified atom stereocenters. The van der Waals surface area contributed by atoms with Crippen molar-refractivity contribution in [3.8, 4) is 0 Å². The molecule has 1 N–H and O–H groups in total. The highest BCUT2D eigenvalue weighted by atomic mass is 16.6. The van der Waals surface area contributed by atoms with E-state index in [0.717, 1.165) is 29.4 Å². The fraction of sp³-hybridized carbons (Fsp3) is 0.455. The Bertz CT molecular complexity index is 816. The average Bonchev–Trinajstić information content (AvgIpc) is 2.92. The number of hydrogen-bond donors (Lipinski definition) is 1. The van der Waals surface area contributed by atoms with Crippen LogP contribution < -0.4 is 5.32 Å². The maximum atomic E-state index is 12.6. The van der Waals surface area contributed by atoms with Crippen LogP contribution in [0.4, 0.5) is 10.5 Å². The number of anilines is 1. The zero-order chi connectivity index (χ0) is 19.9. The third-order valence-electron chi connectivity index (χ3n) is 4.82. The van der Waals surface area contributed by atoms with Gasteiger partial charge in [-0.1, -0.05) is 50.2 Å². The molecule has 3 rings (SSSR count). The molecule has 2 aromatic carbocycles. The molecule has 0 atom stereocenters. The number of rotatable bonds is 5. The molecule has 1 fully saturated rings. The minimum atomic E-state index is -0.254. The molecule has 0 aliphatic carbocycles. The van der Waals surface area contributed by atoms with E-state index in [2.05, 4.69) is 10.2 Å². The molecule has 1 heterocycles. The standard InChI is InChI=1S/C22H29N3O3/c1-17(2)16-28-22(27)25-12-6-11-24(13-14-25)15-21(26)23-20-10-5-8-18-7-3-4-9-19(18)20/h3-5,7-10,17H,6,11-16H2,1-2H3,(H,23,26). The van der Waals surface area contributed by atoms with Crippen LogP contribution in [0.15, 0.2) is 42.5 Å². The van der Waals surface area contributed by atoms with Crippen LogP contribution in [-0.4, -0.2) is 61.1 Å². The van der Waals surface area contributed by atoms with Crippen LogP contribution in [0.25, 0.3) is 10.8 Å². The van der Waals surface area contributed by atoms with Crippen LogP contribution in [0.1, 0.15) is 20.3 Å². The SMILES string of the molecule is CC(C)COC(=O)N1CCCN(CC(=O)Nc2cccc3ccccc23)CC1. The van der Waals surface area contributed by atoms with E-state index < -0.39 is 0 Å². The van der Waals surface area contributed by atoms with Crippen LogP contribution in [0, 0.1) is 5.92 Å². The lowest BCUT2D eigenvalue weighted by Crippen LogP contribution is -2.38. The average molecular weight is 383 g/mol. The van der Waals surface area contributed by atoms with Crippen molar-refractivity contribution in [1.29, 1.82) is 0 Å². The Labute approximate surface area is 166 Å². The largest absolute Gasteiger partial charge is 0.449 e. The fourth-order valence-electron chi connectivity index (χ4n) is 3.37. The Hall–Kier alpha value is -2.60. The summed E-state index contributed by atoms with van der Waals surface area (Å²) in [5.41, 5.74) is 0.830. The molecule has 1 aliphatic rings. The van der Waals surface area contributed by atoms with Gasteiger partial charge in [0, 0.05) is 37.3 Å². The third-order valence-corrected chi connectivity index (χ3v) is 4.82. The second kappa shape index (κ2) is 9.55. The van der Waals surface area contributed by atoms with Crippen molar-refractivity contribution in [3.05, 3.63) is 42.5 Å². The van der Waals surface area contributed by atoms with Crippen LogP contribution >= 0.6 is 0 Å². The van der Waals surface area contributed by atoms with Gasteiger partial charge >= 0.3 is 6.09 Å². The molecule has 1 aliphatic heterocycles. The summed E-state index contributed by atoms with van der Waals surface area (Å²) in [5.74, 6) is 0.289. The van der Waals surface area contributed by atoms with Crippen LogP contribution in [0.3, 0.4) is 0 Å². The maximum absolute atomic E-state index is 12.6. The van der Waals surface area contributed by atoms with Gasteiger partial charge in [0.15, 0.2) is 0 Å². The van der Waals surface area contributed by atoms with E-state index in [1.165, 1.54) is 0 Å². The summed E-state index contributed by atoms with van der Waals surface area (Å²) >= 11 is 0.